The van der Waals surface area contributed by atoms with E-state index in [9.17, 15) is 9.90 Å². The average Bonchev–Trinajstić information content (AvgIpc) is 2.67. The molecule has 7 nitrogen and oxygen atoms in total. The zero-order valence-electron chi connectivity index (χ0n) is 17.3. The second kappa shape index (κ2) is 9.11. The molecule has 3 rings (SSSR count). The maximum Gasteiger partial charge on any atom is 0.325 e. The van der Waals surface area contributed by atoms with E-state index in [2.05, 4.69) is 18.7 Å². The molecule has 0 spiro atoms. The van der Waals surface area contributed by atoms with Gasteiger partial charge in [0.1, 0.15) is 17.5 Å². The summed E-state index contributed by atoms with van der Waals surface area (Å²) in [7, 11) is 3.12. The molecule has 1 unspecified atom stereocenters. The van der Waals surface area contributed by atoms with E-state index in [0.717, 1.165) is 39.0 Å². The minimum atomic E-state index is -0.880. The highest BCUT2D eigenvalue weighted by Crippen LogP contribution is 2.38. The van der Waals surface area contributed by atoms with Crippen molar-refractivity contribution in [3.05, 3.63) is 23.8 Å². The van der Waals surface area contributed by atoms with E-state index >= 15 is 0 Å². The van der Waals surface area contributed by atoms with Crippen molar-refractivity contribution in [3.63, 3.8) is 0 Å². The van der Waals surface area contributed by atoms with E-state index in [1.54, 1.807) is 26.4 Å². The first-order valence-corrected chi connectivity index (χ1v) is 10.0. The molecule has 0 radical (unpaired) electrons. The number of hydrogen-bond donors (Lipinski definition) is 1. The van der Waals surface area contributed by atoms with Gasteiger partial charge in [-0.05, 0) is 38.8 Å². The number of likely N-dealkylation sites (tertiary alicyclic amines) is 1. The second-order valence-electron chi connectivity index (χ2n) is 7.80. The fourth-order valence-corrected chi connectivity index (χ4v) is 4.64. The van der Waals surface area contributed by atoms with Crippen LogP contribution in [0.3, 0.4) is 0 Å². The van der Waals surface area contributed by atoms with Crippen molar-refractivity contribution < 1.29 is 24.1 Å². The number of carboxylic acid groups (broad SMARTS) is 1. The number of nitrogens with zero attached hydrogens (tertiary/aromatic N) is 2. The van der Waals surface area contributed by atoms with Crippen molar-refractivity contribution in [2.75, 3.05) is 40.4 Å². The molecule has 2 fully saturated rings. The highest BCUT2D eigenvalue weighted by Gasteiger charge is 2.37. The molecule has 2 aliphatic heterocycles. The van der Waals surface area contributed by atoms with Gasteiger partial charge in [0.15, 0.2) is 0 Å². The van der Waals surface area contributed by atoms with Crippen LogP contribution in [-0.4, -0.2) is 79.5 Å². The van der Waals surface area contributed by atoms with E-state index < -0.39 is 12.0 Å². The van der Waals surface area contributed by atoms with E-state index in [-0.39, 0.29) is 12.2 Å². The first-order chi connectivity index (χ1) is 13.4. The molecule has 156 valence electrons. The van der Waals surface area contributed by atoms with Gasteiger partial charge in [-0.2, -0.15) is 0 Å². The number of carbonyl (C=O) groups is 1. The average molecular weight is 392 g/mol. The minimum absolute atomic E-state index is 0.242. The maximum absolute atomic E-state index is 12.2. The SMILES string of the molecule is COc1cccc(OC)c1C(C(=O)O)N1CCC(N2C[C@@H](C)O[C@@H](C)C2)CC1. The maximum atomic E-state index is 12.2. The van der Waals surface area contributed by atoms with Gasteiger partial charge in [-0.25, -0.2) is 0 Å². The van der Waals surface area contributed by atoms with Gasteiger partial charge in [-0.3, -0.25) is 14.6 Å². The first-order valence-electron chi connectivity index (χ1n) is 10.0. The number of methoxy groups -OCH3 is 2. The Morgan fingerprint density at radius 1 is 1.11 bits per heavy atom. The molecular formula is C21H32N2O5. The zero-order chi connectivity index (χ0) is 20.3. The molecule has 2 saturated heterocycles. The van der Waals surface area contributed by atoms with Crippen molar-refractivity contribution in [1.29, 1.82) is 0 Å². The first kappa shape index (κ1) is 20.9. The topological polar surface area (TPSA) is 71.5 Å². The molecule has 0 amide bonds. The van der Waals surface area contributed by atoms with Crippen molar-refractivity contribution in [2.45, 2.75) is 51.0 Å². The zero-order valence-corrected chi connectivity index (χ0v) is 17.3. The van der Waals surface area contributed by atoms with Crippen LogP contribution in [0.15, 0.2) is 18.2 Å². The molecule has 1 N–H and O–H groups in total. The number of piperidine rings is 1. The van der Waals surface area contributed by atoms with Crippen LogP contribution < -0.4 is 9.47 Å². The number of hydrogen-bond acceptors (Lipinski definition) is 6. The highest BCUT2D eigenvalue weighted by molar-refractivity contribution is 5.78. The monoisotopic (exact) mass is 392 g/mol. The molecule has 0 bridgehead atoms. The lowest BCUT2D eigenvalue weighted by Gasteiger charge is -2.44. The van der Waals surface area contributed by atoms with Crippen LogP contribution in [0.5, 0.6) is 11.5 Å². The summed E-state index contributed by atoms with van der Waals surface area (Å²) in [6.45, 7) is 7.57. The third kappa shape index (κ3) is 4.42. The molecule has 0 saturated carbocycles. The van der Waals surface area contributed by atoms with Gasteiger partial charge in [0.05, 0.1) is 32.0 Å². The number of benzene rings is 1. The molecule has 2 aliphatic rings. The Morgan fingerprint density at radius 3 is 2.11 bits per heavy atom. The van der Waals surface area contributed by atoms with Gasteiger partial charge in [-0.15, -0.1) is 0 Å². The lowest BCUT2D eigenvalue weighted by molar-refractivity contribution is -0.144. The van der Waals surface area contributed by atoms with Crippen LogP contribution >= 0.6 is 0 Å². The lowest BCUT2D eigenvalue weighted by Crippen LogP contribution is -2.53. The van der Waals surface area contributed by atoms with Gasteiger partial charge in [0, 0.05) is 32.2 Å². The summed E-state index contributed by atoms with van der Waals surface area (Å²) >= 11 is 0. The molecular weight excluding hydrogens is 360 g/mol. The van der Waals surface area contributed by atoms with Crippen molar-refractivity contribution >= 4 is 5.97 Å². The van der Waals surface area contributed by atoms with Crippen molar-refractivity contribution in [3.8, 4) is 11.5 Å². The quantitative estimate of drug-likeness (QED) is 0.797. The standard InChI is InChI=1S/C21H32N2O5/c1-14-12-23(13-15(2)28-14)16-8-10-22(11-9-16)20(21(24)25)19-17(26-3)6-5-7-18(19)27-4/h5-7,14-16,20H,8-13H2,1-4H3,(H,24,25)/t14-,15+,20?. The summed E-state index contributed by atoms with van der Waals surface area (Å²) < 4.78 is 16.8. The van der Waals surface area contributed by atoms with Crippen LogP contribution in [0.4, 0.5) is 0 Å². The summed E-state index contributed by atoms with van der Waals surface area (Å²) in [4.78, 5) is 16.8. The fourth-order valence-electron chi connectivity index (χ4n) is 4.64. The molecule has 2 heterocycles. The Morgan fingerprint density at radius 2 is 1.64 bits per heavy atom. The van der Waals surface area contributed by atoms with Gasteiger partial charge < -0.3 is 19.3 Å². The Labute approximate surface area is 167 Å². The number of carboxylic acids is 1. The van der Waals surface area contributed by atoms with Crippen LogP contribution in [0.2, 0.25) is 0 Å². The minimum Gasteiger partial charge on any atom is -0.496 e. The van der Waals surface area contributed by atoms with Crippen LogP contribution in [-0.2, 0) is 9.53 Å². The fraction of sp³-hybridized carbons (Fsp3) is 0.667. The van der Waals surface area contributed by atoms with E-state index in [1.165, 1.54) is 0 Å². The van der Waals surface area contributed by atoms with E-state index in [1.807, 2.05) is 11.0 Å². The van der Waals surface area contributed by atoms with Gasteiger partial charge in [0.25, 0.3) is 0 Å². The number of morpholine rings is 1. The predicted molar refractivity (Wildman–Crippen MR) is 106 cm³/mol. The van der Waals surface area contributed by atoms with Crippen molar-refractivity contribution in [1.82, 2.24) is 9.80 Å². The van der Waals surface area contributed by atoms with Gasteiger partial charge in [-0.1, -0.05) is 6.07 Å². The highest BCUT2D eigenvalue weighted by atomic mass is 16.5. The lowest BCUT2D eigenvalue weighted by atomic mass is 9.96. The third-order valence-corrected chi connectivity index (χ3v) is 5.80. The molecule has 3 atom stereocenters. The molecule has 7 heteroatoms. The summed E-state index contributed by atoms with van der Waals surface area (Å²) in [6, 6.07) is 5.08. The van der Waals surface area contributed by atoms with Crippen LogP contribution in [0.25, 0.3) is 0 Å². The Balaban J connectivity index is 1.75. The molecule has 0 aromatic heterocycles. The number of rotatable bonds is 6. The van der Waals surface area contributed by atoms with E-state index in [4.69, 9.17) is 14.2 Å². The Bertz CT molecular complexity index is 643. The van der Waals surface area contributed by atoms with Gasteiger partial charge in [0.2, 0.25) is 0 Å². The third-order valence-electron chi connectivity index (χ3n) is 5.80. The smallest absolute Gasteiger partial charge is 0.325 e. The largest absolute Gasteiger partial charge is 0.496 e. The normalized spacial score (nSPS) is 26.0. The summed E-state index contributed by atoms with van der Waals surface area (Å²) in [6.07, 6.45) is 2.37. The second-order valence-corrected chi connectivity index (χ2v) is 7.80. The summed E-state index contributed by atoms with van der Waals surface area (Å²) in [5, 5.41) is 10.0. The molecule has 28 heavy (non-hydrogen) atoms. The molecule has 1 aromatic rings. The van der Waals surface area contributed by atoms with Crippen molar-refractivity contribution in [2.24, 2.45) is 0 Å². The number of ether oxygens (including phenoxy) is 3. The van der Waals surface area contributed by atoms with Gasteiger partial charge >= 0.3 is 5.97 Å². The van der Waals surface area contributed by atoms with Crippen LogP contribution in [0.1, 0.15) is 38.3 Å². The number of aliphatic carboxylic acids is 1. The van der Waals surface area contributed by atoms with Crippen LogP contribution in [0, 0.1) is 0 Å². The molecule has 1 aromatic carbocycles. The Hall–Kier alpha value is -1.83. The summed E-state index contributed by atoms with van der Waals surface area (Å²) in [5.74, 6) is 0.212. The van der Waals surface area contributed by atoms with E-state index in [0.29, 0.717) is 23.1 Å². The predicted octanol–water partition coefficient (Wildman–Crippen LogP) is 2.40. The summed E-state index contributed by atoms with van der Waals surface area (Å²) in [5.41, 5.74) is 0.590. The molecule has 0 aliphatic carbocycles. The Kier molecular flexibility index (Phi) is 6.80.